The third kappa shape index (κ3) is 3.09. The molecule has 0 amide bonds. The Labute approximate surface area is 141 Å². The van der Waals surface area contributed by atoms with Gasteiger partial charge in [-0.25, -0.2) is 9.47 Å². The Hall–Kier alpha value is -3.55. The van der Waals surface area contributed by atoms with Crippen molar-refractivity contribution >= 4 is 22.6 Å². The van der Waals surface area contributed by atoms with Crippen LogP contribution in [-0.4, -0.2) is 29.8 Å². The fourth-order valence-electron chi connectivity index (χ4n) is 2.40. The number of esters is 1. The molecular weight excluding hydrogens is 326 g/mol. The molecule has 0 saturated heterocycles. The number of carbonyl (C=O) groups excluding carboxylic acids is 1. The van der Waals surface area contributed by atoms with E-state index in [-0.39, 0.29) is 16.5 Å². The van der Waals surface area contributed by atoms with Gasteiger partial charge in [-0.05, 0) is 30.3 Å². The number of ether oxygens (including phenoxy) is 2. The molecule has 2 heterocycles. The molecule has 3 rings (SSSR count). The lowest BCUT2D eigenvalue weighted by Gasteiger charge is -2.13. The van der Waals surface area contributed by atoms with E-state index in [2.05, 4.69) is 10.4 Å². The molecule has 0 spiro atoms. The standard InChI is InChI=1S/C17H15N3O5/c1-24-11-5-3-10(4-6-11)19-20-9-13(17(23)25-2)15-12(16(20)22)7-8-14(21)18-15/h3-9,19H,1-2H3,(H,18,21). The molecule has 0 aliphatic carbocycles. The molecule has 0 fully saturated rings. The molecule has 2 aromatic heterocycles. The summed E-state index contributed by atoms with van der Waals surface area (Å²) >= 11 is 0. The maximum absolute atomic E-state index is 12.6. The zero-order valence-corrected chi connectivity index (χ0v) is 13.5. The van der Waals surface area contributed by atoms with E-state index in [0.717, 1.165) is 4.68 Å². The predicted molar refractivity (Wildman–Crippen MR) is 92.2 cm³/mol. The second-order valence-corrected chi connectivity index (χ2v) is 5.16. The largest absolute Gasteiger partial charge is 0.497 e. The Bertz CT molecular complexity index is 1050. The van der Waals surface area contributed by atoms with E-state index >= 15 is 0 Å². The van der Waals surface area contributed by atoms with Crippen LogP contribution in [0.2, 0.25) is 0 Å². The highest BCUT2D eigenvalue weighted by Crippen LogP contribution is 2.16. The average Bonchev–Trinajstić information content (AvgIpc) is 2.63. The number of aromatic nitrogens is 2. The fraction of sp³-hybridized carbons (Fsp3) is 0.118. The van der Waals surface area contributed by atoms with Crippen LogP contribution in [-0.2, 0) is 4.74 Å². The molecule has 0 bridgehead atoms. The van der Waals surface area contributed by atoms with E-state index in [1.54, 1.807) is 31.4 Å². The average molecular weight is 341 g/mol. The number of H-pyrrole nitrogens is 1. The zero-order valence-electron chi connectivity index (χ0n) is 13.5. The van der Waals surface area contributed by atoms with Crippen molar-refractivity contribution in [2.24, 2.45) is 0 Å². The molecule has 0 unspecified atom stereocenters. The number of nitrogens with one attached hydrogen (secondary N) is 2. The van der Waals surface area contributed by atoms with Gasteiger partial charge in [0, 0.05) is 12.3 Å². The molecule has 0 aliphatic heterocycles. The van der Waals surface area contributed by atoms with Crippen molar-refractivity contribution in [3.8, 4) is 5.75 Å². The first-order valence-corrected chi connectivity index (χ1v) is 7.31. The minimum Gasteiger partial charge on any atom is -0.497 e. The van der Waals surface area contributed by atoms with E-state index in [1.165, 1.54) is 25.4 Å². The summed E-state index contributed by atoms with van der Waals surface area (Å²) in [6, 6.07) is 9.50. The number of fused-ring (bicyclic) bond motifs is 1. The molecule has 2 N–H and O–H groups in total. The van der Waals surface area contributed by atoms with Crippen LogP contribution < -0.4 is 21.3 Å². The topological polar surface area (TPSA) is 102 Å². The van der Waals surface area contributed by atoms with Gasteiger partial charge in [0.05, 0.1) is 30.8 Å². The Morgan fingerprint density at radius 3 is 2.44 bits per heavy atom. The van der Waals surface area contributed by atoms with E-state index in [9.17, 15) is 14.4 Å². The fourth-order valence-corrected chi connectivity index (χ4v) is 2.40. The molecule has 8 heteroatoms. The van der Waals surface area contributed by atoms with Crippen molar-refractivity contribution in [3.63, 3.8) is 0 Å². The number of nitrogens with zero attached hydrogens (tertiary/aromatic N) is 1. The van der Waals surface area contributed by atoms with Crippen LogP contribution in [0, 0.1) is 0 Å². The van der Waals surface area contributed by atoms with Gasteiger partial charge in [-0.1, -0.05) is 0 Å². The van der Waals surface area contributed by atoms with Gasteiger partial charge < -0.3 is 14.5 Å². The lowest BCUT2D eigenvalue weighted by atomic mass is 10.2. The quantitative estimate of drug-likeness (QED) is 0.695. The molecule has 1 aromatic carbocycles. The molecule has 0 saturated carbocycles. The summed E-state index contributed by atoms with van der Waals surface area (Å²) < 4.78 is 11.0. The van der Waals surface area contributed by atoms with Gasteiger partial charge in [-0.15, -0.1) is 0 Å². The Morgan fingerprint density at radius 1 is 1.08 bits per heavy atom. The van der Waals surface area contributed by atoms with Crippen LogP contribution in [0.3, 0.4) is 0 Å². The van der Waals surface area contributed by atoms with Gasteiger partial charge in [0.2, 0.25) is 5.56 Å². The van der Waals surface area contributed by atoms with E-state index in [0.29, 0.717) is 11.4 Å². The summed E-state index contributed by atoms with van der Waals surface area (Å²) in [5, 5.41) is 0.184. The normalized spacial score (nSPS) is 10.5. The van der Waals surface area contributed by atoms with Crippen LogP contribution in [0.5, 0.6) is 5.75 Å². The lowest BCUT2D eigenvalue weighted by molar-refractivity contribution is 0.0602. The first-order chi connectivity index (χ1) is 12.0. The van der Waals surface area contributed by atoms with Crippen LogP contribution in [0.4, 0.5) is 5.69 Å². The summed E-state index contributed by atoms with van der Waals surface area (Å²) in [7, 11) is 2.78. The lowest BCUT2D eigenvalue weighted by Crippen LogP contribution is -2.28. The predicted octanol–water partition coefficient (Wildman–Crippen LogP) is 1.36. The SMILES string of the molecule is COC(=O)c1cn(Nc2ccc(OC)cc2)c(=O)c2ccc(=O)[nH]c12. The summed E-state index contributed by atoms with van der Waals surface area (Å²) in [5.41, 5.74) is 2.87. The highest BCUT2D eigenvalue weighted by atomic mass is 16.5. The van der Waals surface area contributed by atoms with Gasteiger partial charge in [0.15, 0.2) is 0 Å². The van der Waals surface area contributed by atoms with Gasteiger partial charge in [-0.3, -0.25) is 15.0 Å². The highest BCUT2D eigenvalue weighted by Gasteiger charge is 2.16. The van der Waals surface area contributed by atoms with Crippen LogP contribution in [0.15, 0.2) is 52.2 Å². The minimum atomic E-state index is -0.669. The number of hydrogen-bond acceptors (Lipinski definition) is 6. The maximum atomic E-state index is 12.6. The van der Waals surface area contributed by atoms with Gasteiger partial charge in [0.1, 0.15) is 11.3 Å². The van der Waals surface area contributed by atoms with E-state index in [4.69, 9.17) is 9.47 Å². The van der Waals surface area contributed by atoms with E-state index in [1.807, 2.05) is 0 Å². The van der Waals surface area contributed by atoms with E-state index < -0.39 is 17.1 Å². The molecule has 0 atom stereocenters. The molecule has 128 valence electrons. The molecule has 0 aliphatic rings. The van der Waals surface area contributed by atoms with Crippen molar-refractivity contribution in [2.75, 3.05) is 19.6 Å². The van der Waals surface area contributed by atoms with Crippen molar-refractivity contribution in [3.05, 3.63) is 68.9 Å². The second-order valence-electron chi connectivity index (χ2n) is 5.16. The summed E-state index contributed by atoms with van der Waals surface area (Å²) in [5.74, 6) is 0.00126. The molecule has 25 heavy (non-hydrogen) atoms. The molecule has 8 nitrogen and oxygen atoms in total. The second kappa shape index (κ2) is 6.52. The third-order valence-corrected chi connectivity index (χ3v) is 3.64. The maximum Gasteiger partial charge on any atom is 0.341 e. The van der Waals surface area contributed by atoms with Crippen molar-refractivity contribution in [2.45, 2.75) is 0 Å². The number of carbonyl (C=O) groups is 1. The first kappa shape index (κ1) is 16.3. The van der Waals surface area contributed by atoms with Crippen molar-refractivity contribution in [1.82, 2.24) is 9.66 Å². The minimum absolute atomic E-state index is 0.0656. The van der Waals surface area contributed by atoms with Gasteiger partial charge in [0.25, 0.3) is 5.56 Å². The number of methoxy groups -OCH3 is 2. The first-order valence-electron chi connectivity index (χ1n) is 7.31. The molecular formula is C17H15N3O5. The molecule has 0 radical (unpaired) electrons. The number of rotatable bonds is 4. The van der Waals surface area contributed by atoms with Crippen molar-refractivity contribution in [1.29, 1.82) is 0 Å². The summed E-state index contributed by atoms with van der Waals surface area (Å²) in [6.07, 6.45) is 1.29. The van der Waals surface area contributed by atoms with Crippen LogP contribution in [0.1, 0.15) is 10.4 Å². The van der Waals surface area contributed by atoms with Crippen LogP contribution in [0.25, 0.3) is 10.9 Å². The number of aromatic amines is 1. The zero-order chi connectivity index (χ0) is 18.0. The highest BCUT2D eigenvalue weighted by molar-refractivity contribution is 6.02. The third-order valence-electron chi connectivity index (χ3n) is 3.64. The number of hydrogen-bond donors (Lipinski definition) is 2. The van der Waals surface area contributed by atoms with Gasteiger partial charge >= 0.3 is 5.97 Å². The Kier molecular flexibility index (Phi) is 4.25. The number of benzene rings is 1. The summed E-state index contributed by atoms with van der Waals surface area (Å²) in [6.45, 7) is 0. The molecule has 3 aromatic rings. The smallest absolute Gasteiger partial charge is 0.341 e. The summed E-state index contributed by atoms with van der Waals surface area (Å²) in [4.78, 5) is 38.7. The Morgan fingerprint density at radius 2 is 1.80 bits per heavy atom. The monoisotopic (exact) mass is 341 g/mol. The number of anilines is 1. The van der Waals surface area contributed by atoms with Crippen molar-refractivity contribution < 1.29 is 14.3 Å². The number of pyridine rings is 2. The Balaban J connectivity index is 2.16. The van der Waals surface area contributed by atoms with Gasteiger partial charge in [-0.2, -0.15) is 0 Å². The van der Waals surface area contributed by atoms with Crippen LogP contribution >= 0.6 is 0 Å².